The summed E-state index contributed by atoms with van der Waals surface area (Å²) in [6, 6.07) is 19.3. The second kappa shape index (κ2) is 6.98. The van der Waals surface area contributed by atoms with Gasteiger partial charge in [-0.3, -0.25) is 9.58 Å². The van der Waals surface area contributed by atoms with E-state index < -0.39 is 0 Å². The molecule has 0 bridgehead atoms. The van der Waals surface area contributed by atoms with E-state index in [4.69, 9.17) is 10.8 Å². The minimum absolute atomic E-state index is 0.516. The third-order valence-electron chi connectivity index (χ3n) is 5.45. The van der Waals surface area contributed by atoms with Gasteiger partial charge in [0.05, 0.1) is 11.2 Å². The molecule has 0 saturated carbocycles. The fourth-order valence-corrected chi connectivity index (χ4v) is 4.17. The van der Waals surface area contributed by atoms with Crippen molar-refractivity contribution in [3.8, 4) is 0 Å². The smallest absolute Gasteiger partial charge is 0.0843 e. The number of hydrogen-bond donors (Lipinski definition) is 1. The summed E-state index contributed by atoms with van der Waals surface area (Å²) in [6.07, 6.45) is 0. The molecule has 4 nitrogen and oxygen atoms in total. The topological polar surface area (TPSA) is 47.1 Å². The molecule has 1 aromatic heterocycles. The Bertz CT molecular complexity index is 839. The molecule has 1 aliphatic heterocycles. The number of aryl methyl sites for hydroxylation is 1. The van der Waals surface area contributed by atoms with Gasteiger partial charge >= 0.3 is 0 Å². The van der Waals surface area contributed by atoms with Crippen LogP contribution in [0.25, 0.3) is 10.9 Å². The molecule has 0 radical (unpaired) electrons. The van der Waals surface area contributed by atoms with E-state index in [0.717, 1.165) is 32.7 Å². The summed E-state index contributed by atoms with van der Waals surface area (Å²) in [5.74, 6) is 1.03. The quantitative estimate of drug-likeness (QED) is 0.779. The SMILES string of the molecule is CCn1nc(CN2C[C@@H](CN)[C@H](c3ccccc3)C2)c2ccccc21. The van der Waals surface area contributed by atoms with Crippen LogP contribution in [0.5, 0.6) is 0 Å². The van der Waals surface area contributed by atoms with Crippen molar-refractivity contribution < 1.29 is 0 Å². The maximum atomic E-state index is 6.09. The normalized spacial score (nSPS) is 21.2. The van der Waals surface area contributed by atoms with E-state index in [2.05, 4.69) is 71.1 Å². The van der Waals surface area contributed by atoms with E-state index >= 15 is 0 Å². The monoisotopic (exact) mass is 334 g/mol. The van der Waals surface area contributed by atoms with Crippen LogP contribution in [0.1, 0.15) is 24.1 Å². The molecule has 4 heteroatoms. The van der Waals surface area contributed by atoms with Crippen molar-refractivity contribution in [2.75, 3.05) is 19.6 Å². The van der Waals surface area contributed by atoms with Crippen LogP contribution in [0.2, 0.25) is 0 Å². The highest BCUT2D eigenvalue weighted by molar-refractivity contribution is 5.81. The molecule has 0 spiro atoms. The van der Waals surface area contributed by atoms with Crippen molar-refractivity contribution in [2.45, 2.75) is 25.9 Å². The summed E-state index contributed by atoms with van der Waals surface area (Å²) >= 11 is 0. The van der Waals surface area contributed by atoms with Crippen LogP contribution in [0.15, 0.2) is 54.6 Å². The Morgan fingerprint density at radius 3 is 2.56 bits per heavy atom. The van der Waals surface area contributed by atoms with Crippen LogP contribution in [-0.2, 0) is 13.1 Å². The van der Waals surface area contributed by atoms with Crippen molar-refractivity contribution in [1.82, 2.24) is 14.7 Å². The highest BCUT2D eigenvalue weighted by atomic mass is 15.3. The Labute approximate surface area is 149 Å². The van der Waals surface area contributed by atoms with Gasteiger partial charge in [0.15, 0.2) is 0 Å². The lowest BCUT2D eigenvalue weighted by Crippen LogP contribution is -2.23. The van der Waals surface area contributed by atoms with Crippen LogP contribution in [0.3, 0.4) is 0 Å². The van der Waals surface area contributed by atoms with Gasteiger partial charge in [0.1, 0.15) is 0 Å². The number of nitrogens with two attached hydrogens (primary N) is 1. The van der Waals surface area contributed by atoms with E-state index in [1.54, 1.807) is 0 Å². The fraction of sp³-hybridized carbons (Fsp3) is 0.381. The van der Waals surface area contributed by atoms with Crippen molar-refractivity contribution in [3.63, 3.8) is 0 Å². The molecule has 1 fully saturated rings. The Kier molecular flexibility index (Phi) is 4.55. The molecule has 2 aromatic carbocycles. The molecular formula is C21H26N4. The predicted molar refractivity (Wildman–Crippen MR) is 102 cm³/mol. The van der Waals surface area contributed by atoms with E-state index in [9.17, 15) is 0 Å². The number of aromatic nitrogens is 2. The zero-order chi connectivity index (χ0) is 17.2. The number of para-hydroxylation sites is 1. The van der Waals surface area contributed by atoms with Gasteiger partial charge in [0.25, 0.3) is 0 Å². The first-order chi connectivity index (χ1) is 12.3. The molecule has 3 aromatic rings. The first-order valence-electron chi connectivity index (χ1n) is 9.22. The number of likely N-dealkylation sites (tertiary alicyclic amines) is 1. The van der Waals surface area contributed by atoms with Gasteiger partial charge in [0, 0.05) is 37.5 Å². The van der Waals surface area contributed by atoms with Crippen molar-refractivity contribution in [2.24, 2.45) is 11.7 Å². The summed E-state index contributed by atoms with van der Waals surface area (Å²) in [4.78, 5) is 2.52. The van der Waals surface area contributed by atoms with Gasteiger partial charge in [-0.2, -0.15) is 5.10 Å². The average Bonchev–Trinajstić information content (AvgIpc) is 3.24. The molecule has 1 aliphatic rings. The van der Waals surface area contributed by atoms with Crippen LogP contribution in [0, 0.1) is 5.92 Å². The van der Waals surface area contributed by atoms with Gasteiger partial charge in [0.2, 0.25) is 0 Å². The standard InChI is InChI=1S/C21H26N4/c1-2-25-21-11-7-6-10-18(21)20(23-25)15-24-13-17(12-22)19(14-24)16-8-4-3-5-9-16/h3-11,17,19H,2,12-15,22H2,1H3/t17-,19+/m1/s1. The molecule has 2 heterocycles. The maximum absolute atomic E-state index is 6.09. The maximum Gasteiger partial charge on any atom is 0.0843 e. The number of hydrogen-bond acceptors (Lipinski definition) is 3. The second-order valence-electron chi connectivity index (χ2n) is 6.99. The van der Waals surface area contributed by atoms with Crippen molar-refractivity contribution >= 4 is 10.9 Å². The number of fused-ring (bicyclic) bond motifs is 1. The highest BCUT2D eigenvalue weighted by Gasteiger charge is 2.33. The molecule has 2 atom stereocenters. The second-order valence-corrected chi connectivity index (χ2v) is 6.99. The third kappa shape index (κ3) is 3.08. The van der Waals surface area contributed by atoms with Crippen LogP contribution < -0.4 is 5.73 Å². The van der Waals surface area contributed by atoms with E-state index in [1.807, 2.05) is 0 Å². The number of rotatable bonds is 5. The summed E-state index contributed by atoms with van der Waals surface area (Å²) < 4.78 is 2.11. The molecule has 0 aliphatic carbocycles. The van der Waals surface area contributed by atoms with E-state index in [-0.39, 0.29) is 0 Å². The number of benzene rings is 2. The Morgan fingerprint density at radius 1 is 1.04 bits per heavy atom. The molecule has 4 rings (SSSR count). The minimum Gasteiger partial charge on any atom is -0.330 e. The molecule has 1 saturated heterocycles. The van der Waals surface area contributed by atoms with Gasteiger partial charge in [-0.05, 0) is 31.0 Å². The first kappa shape index (κ1) is 16.3. The van der Waals surface area contributed by atoms with E-state index in [1.165, 1.54) is 22.2 Å². The van der Waals surface area contributed by atoms with Crippen molar-refractivity contribution in [3.05, 3.63) is 65.9 Å². The van der Waals surface area contributed by atoms with Crippen LogP contribution >= 0.6 is 0 Å². The lowest BCUT2D eigenvalue weighted by Gasteiger charge is -2.16. The minimum atomic E-state index is 0.516. The van der Waals surface area contributed by atoms with Gasteiger partial charge in [-0.15, -0.1) is 0 Å². The lowest BCUT2D eigenvalue weighted by atomic mass is 9.89. The van der Waals surface area contributed by atoms with E-state index in [0.29, 0.717) is 11.8 Å². The van der Waals surface area contributed by atoms with Crippen LogP contribution in [0.4, 0.5) is 0 Å². The van der Waals surface area contributed by atoms with Crippen molar-refractivity contribution in [1.29, 1.82) is 0 Å². The zero-order valence-corrected chi connectivity index (χ0v) is 14.8. The summed E-state index contributed by atoms with van der Waals surface area (Å²) in [7, 11) is 0. The summed E-state index contributed by atoms with van der Waals surface area (Å²) in [5.41, 5.74) is 9.91. The molecule has 130 valence electrons. The molecule has 25 heavy (non-hydrogen) atoms. The average molecular weight is 334 g/mol. The summed E-state index contributed by atoms with van der Waals surface area (Å²) in [6.45, 7) is 6.78. The molecule has 0 unspecified atom stereocenters. The largest absolute Gasteiger partial charge is 0.330 e. The third-order valence-corrected chi connectivity index (χ3v) is 5.45. The zero-order valence-electron chi connectivity index (χ0n) is 14.8. The van der Waals surface area contributed by atoms with Gasteiger partial charge in [-0.1, -0.05) is 48.5 Å². The van der Waals surface area contributed by atoms with Gasteiger partial charge < -0.3 is 5.73 Å². The fourth-order valence-electron chi connectivity index (χ4n) is 4.17. The molecule has 0 amide bonds. The lowest BCUT2D eigenvalue weighted by molar-refractivity contribution is 0.312. The highest BCUT2D eigenvalue weighted by Crippen LogP contribution is 2.33. The Hall–Kier alpha value is -2.17. The molecular weight excluding hydrogens is 308 g/mol. The Balaban J connectivity index is 1.58. The van der Waals surface area contributed by atoms with Crippen LogP contribution in [-0.4, -0.2) is 34.3 Å². The summed E-state index contributed by atoms with van der Waals surface area (Å²) in [5, 5.41) is 6.14. The Morgan fingerprint density at radius 2 is 1.80 bits per heavy atom. The number of nitrogens with zero attached hydrogens (tertiary/aromatic N) is 3. The molecule has 2 N–H and O–H groups in total. The predicted octanol–water partition coefficient (Wildman–Crippen LogP) is 3.23. The van der Waals surface area contributed by atoms with Gasteiger partial charge in [-0.25, -0.2) is 0 Å². The first-order valence-corrected chi connectivity index (χ1v) is 9.22.